The minimum atomic E-state index is -0.619. The molecule has 292 valence electrons. The second-order valence-corrected chi connectivity index (χ2v) is 15.0. The van der Waals surface area contributed by atoms with Crippen molar-refractivity contribution in [2.75, 3.05) is 64.1 Å². The van der Waals surface area contributed by atoms with Crippen molar-refractivity contribution in [3.05, 3.63) is 48.4 Å². The van der Waals surface area contributed by atoms with Crippen LogP contribution in [0.3, 0.4) is 0 Å². The molecule has 2 saturated heterocycles. The maximum Gasteiger partial charge on any atom is 0.231 e. The number of ether oxygens (including phenoxy) is 2. The number of anilines is 2. The number of rotatable bonds is 14. The van der Waals surface area contributed by atoms with Crippen LogP contribution in [-0.2, 0) is 9.59 Å². The number of carbonyl (C=O) groups excluding carboxylic acids is 2. The molecule has 0 spiro atoms. The number of carbonyl (C=O) groups is 2. The lowest BCUT2D eigenvalue weighted by atomic mass is 9.88. The fraction of sp³-hybridized carbons (Fsp3) is 0.526. The second kappa shape index (κ2) is 17.9. The summed E-state index contributed by atoms with van der Waals surface area (Å²) in [7, 11) is 3.03. The summed E-state index contributed by atoms with van der Waals surface area (Å²) in [5.41, 5.74) is 0.117. The van der Waals surface area contributed by atoms with Crippen LogP contribution in [0.2, 0.25) is 0 Å². The van der Waals surface area contributed by atoms with Crippen molar-refractivity contribution in [1.29, 1.82) is 0 Å². The third kappa shape index (κ3) is 10.2. The lowest BCUT2D eigenvalue weighted by Crippen LogP contribution is -2.35. The van der Waals surface area contributed by atoms with Crippen molar-refractivity contribution in [3.8, 4) is 34.1 Å². The number of nitrogens with zero attached hydrogens (tertiary/aromatic N) is 6. The standard InChI is InChI=1S/2C19H26FN5O2/c1-19(2,8-11-25-9-4-5-10-25)18(26)22-17-15(20)16(23-24-17)13-6-7-14(27-3)21-12-13;1-19(2,6-9-25-7-4-5-8-25)18(26)22-17-15(20)16(23-24-17)13-10-14(27-3)12-21-11-13/h6-7,12H,4-5,8-11H2,1-3H3,(H2,22,23,24,26);10-12H,4-9H2,1-3H3,(H2,22,23,24,26). The van der Waals surface area contributed by atoms with E-state index < -0.39 is 22.5 Å². The second-order valence-electron chi connectivity index (χ2n) is 15.0. The summed E-state index contributed by atoms with van der Waals surface area (Å²) in [6, 6.07) is 4.96. The maximum atomic E-state index is 14.7. The van der Waals surface area contributed by atoms with E-state index in [4.69, 9.17) is 9.47 Å². The summed E-state index contributed by atoms with van der Waals surface area (Å²) in [6.07, 6.45) is 10.8. The zero-order valence-corrected chi connectivity index (χ0v) is 32.0. The Morgan fingerprint density at radius 3 is 1.69 bits per heavy atom. The molecule has 2 aliphatic rings. The number of hydrogen-bond donors (Lipinski definition) is 4. The van der Waals surface area contributed by atoms with Crippen molar-refractivity contribution in [3.63, 3.8) is 0 Å². The predicted molar refractivity (Wildman–Crippen MR) is 202 cm³/mol. The Morgan fingerprint density at radius 1 is 0.741 bits per heavy atom. The molecule has 2 aliphatic heterocycles. The molecular weight excluding hydrogens is 698 g/mol. The van der Waals surface area contributed by atoms with Crippen LogP contribution < -0.4 is 20.1 Å². The molecule has 0 bridgehead atoms. The summed E-state index contributed by atoms with van der Waals surface area (Å²) in [5, 5.41) is 18.4. The average Bonchev–Trinajstić information content (AvgIpc) is 4.01. The molecule has 2 fully saturated rings. The normalized spacial score (nSPS) is 15.1. The zero-order chi connectivity index (χ0) is 38.9. The highest BCUT2D eigenvalue weighted by molar-refractivity contribution is 5.95. The van der Waals surface area contributed by atoms with Gasteiger partial charge in [-0.05, 0) is 89.9 Å². The van der Waals surface area contributed by atoms with Gasteiger partial charge >= 0.3 is 0 Å². The van der Waals surface area contributed by atoms with Gasteiger partial charge in [0, 0.05) is 40.4 Å². The van der Waals surface area contributed by atoms with E-state index in [1.807, 2.05) is 27.7 Å². The summed E-state index contributed by atoms with van der Waals surface area (Å²) >= 11 is 0. The first kappa shape index (κ1) is 40.2. The average molecular weight is 751 g/mol. The third-order valence-corrected chi connectivity index (χ3v) is 10.1. The number of hydrogen-bond acceptors (Lipinski definition) is 10. The summed E-state index contributed by atoms with van der Waals surface area (Å²) in [6.45, 7) is 13.6. The lowest BCUT2D eigenvalue weighted by molar-refractivity contribution is -0.125. The highest BCUT2D eigenvalue weighted by Gasteiger charge is 2.32. The number of aromatic amines is 2. The molecule has 4 N–H and O–H groups in total. The molecular formula is C38H52F2N10O4. The van der Waals surface area contributed by atoms with Crippen LogP contribution in [0, 0.1) is 22.5 Å². The van der Waals surface area contributed by atoms with Crippen LogP contribution in [0.15, 0.2) is 36.8 Å². The third-order valence-electron chi connectivity index (χ3n) is 10.1. The Kier molecular flexibility index (Phi) is 13.3. The van der Waals surface area contributed by atoms with Crippen molar-refractivity contribution < 1.29 is 27.8 Å². The minimum absolute atomic E-state index is 0.0972. The fourth-order valence-corrected chi connectivity index (χ4v) is 6.19. The van der Waals surface area contributed by atoms with E-state index >= 15 is 0 Å². The number of halogens is 2. The largest absolute Gasteiger partial charge is 0.495 e. The van der Waals surface area contributed by atoms with Crippen LogP contribution in [0.25, 0.3) is 22.5 Å². The van der Waals surface area contributed by atoms with Crippen molar-refractivity contribution in [1.82, 2.24) is 40.2 Å². The Labute approximate surface area is 314 Å². The van der Waals surface area contributed by atoms with Gasteiger partial charge in [0.25, 0.3) is 0 Å². The van der Waals surface area contributed by atoms with Crippen molar-refractivity contribution in [2.45, 2.75) is 66.2 Å². The number of pyridine rings is 2. The Morgan fingerprint density at radius 2 is 1.24 bits per heavy atom. The fourth-order valence-electron chi connectivity index (χ4n) is 6.19. The highest BCUT2D eigenvalue weighted by atomic mass is 19.1. The van der Waals surface area contributed by atoms with Crippen LogP contribution in [-0.4, -0.2) is 105 Å². The molecule has 0 radical (unpaired) electrons. The predicted octanol–water partition coefficient (Wildman–Crippen LogP) is 6.14. The quantitative estimate of drug-likeness (QED) is 0.118. The van der Waals surface area contributed by atoms with E-state index in [9.17, 15) is 18.4 Å². The molecule has 6 heterocycles. The van der Waals surface area contributed by atoms with Crippen LogP contribution in [0.4, 0.5) is 20.4 Å². The molecule has 4 aromatic rings. The van der Waals surface area contributed by atoms with Gasteiger partial charge in [-0.2, -0.15) is 10.2 Å². The zero-order valence-electron chi connectivity index (χ0n) is 32.0. The number of methoxy groups -OCH3 is 2. The summed E-state index contributed by atoms with van der Waals surface area (Å²) in [4.78, 5) is 38.1. The monoisotopic (exact) mass is 750 g/mol. The van der Waals surface area contributed by atoms with Gasteiger partial charge in [0.15, 0.2) is 23.3 Å². The molecule has 4 aromatic heterocycles. The topological polar surface area (TPSA) is 166 Å². The molecule has 54 heavy (non-hydrogen) atoms. The Bertz CT molecular complexity index is 1850. The number of amides is 2. The molecule has 14 nitrogen and oxygen atoms in total. The molecule has 16 heteroatoms. The van der Waals surface area contributed by atoms with Gasteiger partial charge in [0.2, 0.25) is 17.7 Å². The minimum Gasteiger partial charge on any atom is -0.495 e. The number of aromatic nitrogens is 6. The van der Waals surface area contributed by atoms with E-state index in [1.54, 1.807) is 18.2 Å². The van der Waals surface area contributed by atoms with E-state index in [1.165, 1.54) is 58.5 Å². The van der Waals surface area contributed by atoms with Gasteiger partial charge in [-0.15, -0.1) is 0 Å². The van der Waals surface area contributed by atoms with Gasteiger partial charge in [0.05, 0.1) is 20.4 Å². The molecule has 6 rings (SSSR count). The van der Waals surface area contributed by atoms with Gasteiger partial charge in [-0.3, -0.25) is 24.8 Å². The Balaban J connectivity index is 0.000000208. The van der Waals surface area contributed by atoms with E-state index in [0.717, 1.165) is 39.3 Å². The van der Waals surface area contributed by atoms with Crippen LogP contribution in [0.5, 0.6) is 11.6 Å². The Hall–Kier alpha value is -4.96. The molecule has 0 saturated carbocycles. The molecule has 0 aliphatic carbocycles. The SMILES string of the molecule is COc1ccc(-c2[nH]nc(NC(=O)C(C)(C)CCN3CCCC3)c2F)cn1.COc1cncc(-c2[nH]nc(NC(=O)C(C)(C)CCN3CCCC3)c2F)c1. The number of nitrogens with one attached hydrogen (secondary N) is 4. The van der Waals surface area contributed by atoms with E-state index in [-0.39, 0.29) is 34.8 Å². The number of likely N-dealkylation sites (tertiary alicyclic amines) is 2. The van der Waals surface area contributed by atoms with E-state index in [2.05, 4.69) is 50.8 Å². The van der Waals surface area contributed by atoms with Gasteiger partial charge in [-0.1, -0.05) is 27.7 Å². The molecule has 0 aromatic carbocycles. The first-order valence-corrected chi connectivity index (χ1v) is 18.4. The molecule has 0 atom stereocenters. The van der Waals surface area contributed by atoms with Crippen LogP contribution in [0.1, 0.15) is 66.2 Å². The van der Waals surface area contributed by atoms with Gasteiger partial charge < -0.3 is 29.9 Å². The number of H-pyrrole nitrogens is 2. The molecule has 2 amide bonds. The highest BCUT2D eigenvalue weighted by Crippen LogP contribution is 2.31. The lowest BCUT2D eigenvalue weighted by Gasteiger charge is -2.25. The van der Waals surface area contributed by atoms with Gasteiger partial charge in [-0.25, -0.2) is 13.8 Å². The summed E-state index contributed by atoms with van der Waals surface area (Å²) < 4.78 is 39.6. The van der Waals surface area contributed by atoms with Crippen molar-refractivity contribution in [2.24, 2.45) is 10.8 Å². The first-order chi connectivity index (χ1) is 25.8. The smallest absolute Gasteiger partial charge is 0.231 e. The van der Waals surface area contributed by atoms with E-state index in [0.29, 0.717) is 35.6 Å². The molecule has 0 unspecified atom stereocenters. The van der Waals surface area contributed by atoms with Gasteiger partial charge in [0.1, 0.15) is 17.1 Å². The summed E-state index contributed by atoms with van der Waals surface area (Å²) in [5.74, 6) is -0.970. The maximum absolute atomic E-state index is 14.7. The van der Waals surface area contributed by atoms with Crippen LogP contribution >= 0.6 is 0 Å². The first-order valence-electron chi connectivity index (χ1n) is 18.4. The van der Waals surface area contributed by atoms with Crippen molar-refractivity contribution >= 4 is 23.5 Å².